The van der Waals surface area contributed by atoms with Crippen LogP contribution in [0.2, 0.25) is 0 Å². The lowest BCUT2D eigenvalue weighted by Crippen LogP contribution is -2.41. The molecule has 0 aromatic heterocycles. The van der Waals surface area contributed by atoms with E-state index in [1.165, 1.54) is 0 Å². The number of carbonyl (C=O) groups is 1. The van der Waals surface area contributed by atoms with Crippen molar-refractivity contribution in [3.05, 3.63) is 11.3 Å². The fourth-order valence-electron chi connectivity index (χ4n) is 2.33. The molecule has 3 nitrogen and oxygen atoms in total. The Labute approximate surface area is 120 Å². The minimum Gasteiger partial charge on any atom is -0.398 e. The highest BCUT2D eigenvalue weighted by Crippen LogP contribution is 2.46. The summed E-state index contributed by atoms with van der Waals surface area (Å²) >= 11 is 0. The summed E-state index contributed by atoms with van der Waals surface area (Å²) < 4.78 is 64.2. The summed E-state index contributed by atoms with van der Waals surface area (Å²) in [7, 11) is -1.69. The Morgan fingerprint density at radius 3 is 1.90 bits per heavy atom. The van der Waals surface area contributed by atoms with Crippen molar-refractivity contribution >= 4 is 12.9 Å². The molecule has 1 saturated carbocycles. The van der Waals surface area contributed by atoms with E-state index in [0.29, 0.717) is 0 Å². The Kier molecular flexibility index (Phi) is 3.78. The average molecular weight is 308 g/mol. The van der Waals surface area contributed by atoms with Gasteiger partial charge in [0, 0.05) is 18.8 Å². The molecule has 2 fully saturated rings. The van der Waals surface area contributed by atoms with E-state index in [1.807, 2.05) is 0 Å². The summed E-state index contributed by atoms with van der Waals surface area (Å²) in [5.74, 6) is -1.44. The fourth-order valence-corrected chi connectivity index (χ4v) is 2.33. The molecular formula is C13H17BF4O3. The van der Waals surface area contributed by atoms with Crippen LogP contribution in [0.3, 0.4) is 0 Å². The number of alkyl halides is 3. The molecule has 1 aliphatic carbocycles. The maximum atomic E-state index is 14.4. The summed E-state index contributed by atoms with van der Waals surface area (Å²) in [6.45, 7) is 6.50. The Morgan fingerprint density at radius 2 is 1.57 bits per heavy atom. The summed E-state index contributed by atoms with van der Waals surface area (Å²) in [6.07, 6.45) is -5.43. The number of hydrogen-bond donors (Lipinski definition) is 0. The zero-order chi connectivity index (χ0) is 16.2. The van der Waals surface area contributed by atoms with Crippen LogP contribution in [0, 0.1) is 5.92 Å². The van der Waals surface area contributed by atoms with Gasteiger partial charge < -0.3 is 9.31 Å². The molecule has 0 bridgehead atoms. The molecule has 0 N–H and O–H groups in total. The van der Waals surface area contributed by atoms with Crippen molar-refractivity contribution in [2.45, 2.75) is 57.9 Å². The van der Waals surface area contributed by atoms with E-state index in [1.54, 1.807) is 27.7 Å². The second-order valence-electron chi connectivity index (χ2n) is 6.49. The van der Waals surface area contributed by atoms with Crippen molar-refractivity contribution < 1.29 is 31.7 Å². The first-order valence-electron chi connectivity index (χ1n) is 6.69. The normalized spacial score (nSPS) is 26.7. The highest BCUT2D eigenvalue weighted by molar-refractivity contribution is 6.54. The zero-order valence-corrected chi connectivity index (χ0v) is 12.3. The predicted molar refractivity (Wildman–Crippen MR) is 68.0 cm³/mol. The molecule has 1 heterocycles. The third-order valence-electron chi connectivity index (χ3n) is 4.38. The van der Waals surface area contributed by atoms with E-state index >= 15 is 0 Å². The van der Waals surface area contributed by atoms with Crippen LogP contribution in [0.4, 0.5) is 17.6 Å². The van der Waals surface area contributed by atoms with E-state index in [4.69, 9.17) is 9.31 Å². The van der Waals surface area contributed by atoms with Crippen LogP contribution in [0.25, 0.3) is 0 Å². The predicted octanol–water partition coefficient (Wildman–Crippen LogP) is 3.38. The summed E-state index contributed by atoms with van der Waals surface area (Å²) in [6, 6.07) is 0. The molecule has 2 aliphatic rings. The summed E-state index contributed by atoms with van der Waals surface area (Å²) in [5, 5.41) is 0. The van der Waals surface area contributed by atoms with Gasteiger partial charge in [0.25, 0.3) is 0 Å². The molecule has 0 radical (unpaired) electrons. The molecule has 2 rings (SSSR count). The van der Waals surface area contributed by atoms with Crippen LogP contribution in [0.5, 0.6) is 0 Å². The standard InChI is InChI=1S/C13H17BF4O3/c1-11(2)12(3,4)21-14(20-11)10(15)9(13(16,17)18)7-5-8(19)6-7/h7H,5-6H2,1-4H3. The van der Waals surface area contributed by atoms with Crippen molar-refractivity contribution in [1.82, 2.24) is 0 Å². The fraction of sp³-hybridized carbons (Fsp3) is 0.769. The molecule has 0 aromatic rings. The third-order valence-corrected chi connectivity index (χ3v) is 4.38. The molecule has 0 unspecified atom stereocenters. The number of carbonyl (C=O) groups excluding carboxylic acids is 1. The van der Waals surface area contributed by atoms with Gasteiger partial charge >= 0.3 is 13.3 Å². The lowest BCUT2D eigenvalue weighted by Gasteiger charge is -2.32. The molecule has 21 heavy (non-hydrogen) atoms. The number of halogens is 4. The van der Waals surface area contributed by atoms with Crippen LogP contribution in [-0.2, 0) is 14.1 Å². The zero-order valence-electron chi connectivity index (χ0n) is 12.3. The average Bonchev–Trinajstić information content (AvgIpc) is 2.44. The van der Waals surface area contributed by atoms with Gasteiger partial charge in [-0.15, -0.1) is 0 Å². The highest BCUT2D eigenvalue weighted by Gasteiger charge is 2.56. The van der Waals surface area contributed by atoms with Crippen molar-refractivity contribution in [3.8, 4) is 0 Å². The molecule has 0 aromatic carbocycles. The lowest BCUT2D eigenvalue weighted by atomic mass is 9.72. The first-order chi connectivity index (χ1) is 9.35. The lowest BCUT2D eigenvalue weighted by molar-refractivity contribution is -0.131. The molecule has 1 saturated heterocycles. The molecule has 8 heteroatoms. The Bertz CT molecular complexity index is 472. The smallest absolute Gasteiger partial charge is 0.398 e. The molecule has 0 amide bonds. The van der Waals surface area contributed by atoms with E-state index in [9.17, 15) is 22.4 Å². The highest BCUT2D eigenvalue weighted by atomic mass is 19.4. The number of allylic oxidation sites excluding steroid dienone is 1. The van der Waals surface area contributed by atoms with Gasteiger partial charge in [-0.2, -0.15) is 13.2 Å². The van der Waals surface area contributed by atoms with Gasteiger partial charge in [0.1, 0.15) is 11.5 Å². The Morgan fingerprint density at radius 1 is 1.14 bits per heavy atom. The van der Waals surface area contributed by atoms with E-state index in [-0.39, 0.29) is 18.6 Å². The number of hydrogen-bond acceptors (Lipinski definition) is 3. The molecule has 118 valence electrons. The third kappa shape index (κ3) is 2.88. The van der Waals surface area contributed by atoms with E-state index < -0.39 is 41.7 Å². The van der Waals surface area contributed by atoms with Gasteiger partial charge in [0.15, 0.2) is 0 Å². The first kappa shape index (κ1) is 16.5. The van der Waals surface area contributed by atoms with Gasteiger partial charge in [0.2, 0.25) is 0 Å². The Balaban J connectivity index is 2.33. The van der Waals surface area contributed by atoms with Crippen molar-refractivity contribution in [3.63, 3.8) is 0 Å². The van der Waals surface area contributed by atoms with Crippen LogP contribution in [0.1, 0.15) is 40.5 Å². The monoisotopic (exact) mass is 308 g/mol. The number of ketones is 1. The van der Waals surface area contributed by atoms with E-state index in [0.717, 1.165) is 0 Å². The van der Waals surface area contributed by atoms with Crippen LogP contribution >= 0.6 is 0 Å². The van der Waals surface area contributed by atoms with E-state index in [2.05, 4.69) is 0 Å². The molecule has 0 spiro atoms. The quantitative estimate of drug-likeness (QED) is 0.579. The Hall–Kier alpha value is -0.885. The SMILES string of the molecule is CC1(C)OB(C(F)=C(C2CC(=O)C2)C(F)(F)F)OC1(C)C. The largest absolute Gasteiger partial charge is 0.525 e. The van der Waals surface area contributed by atoms with Crippen LogP contribution < -0.4 is 0 Å². The van der Waals surface area contributed by atoms with Gasteiger partial charge in [-0.3, -0.25) is 4.79 Å². The van der Waals surface area contributed by atoms with Gasteiger partial charge in [0.05, 0.1) is 16.8 Å². The first-order valence-corrected chi connectivity index (χ1v) is 6.69. The molecule has 0 atom stereocenters. The molecule has 1 aliphatic heterocycles. The van der Waals surface area contributed by atoms with Crippen molar-refractivity contribution in [2.24, 2.45) is 5.92 Å². The second kappa shape index (κ2) is 4.81. The minimum atomic E-state index is -4.85. The van der Waals surface area contributed by atoms with Gasteiger partial charge in [-0.1, -0.05) is 0 Å². The van der Waals surface area contributed by atoms with Crippen LogP contribution in [-0.4, -0.2) is 30.3 Å². The maximum absolute atomic E-state index is 14.4. The number of rotatable bonds is 2. The number of Topliss-reactive ketones (excluding diaryl/α,β-unsaturated/α-hetero) is 1. The molecular weight excluding hydrogens is 291 g/mol. The maximum Gasteiger partial charge on any atom is 0.525 e. The topological polar surface area (TPSA) is 35.5 Å². The summed E-state index contributed by atoms with van der Waals surface area (Å²) in [4.78, 5) is 10.9. The summed E-state index contributed by atoms with van der Waals surface area (Å²) in [5.41, 5.74) is -4.67. The van der Waals surface area contributed by atoms with Gasteiger partial charge in [-0.05, 0) is 27.7 Å². The van der Waals surface area contributed by atoms with Crippen LogP contribution in [0.15, 0.2) is 11.3 Å². The minimum absolute atomic E-state index is 0.290. The van der Waals surface area contributed by atoms with Crippen molar-refractivity contribution in [2.75, 3.05) is 0 Å². The van der Waals surface area contributed by atoms with Gasteiger partial charge in [-0.25, -0.2) is 4.39 Å². The second-order valence-corrected chi connectivity index (χ2v) is 6.49. The van der Waals surface area contributed by atoms with Crippen molar-refractivity contribution in [1.29, 1.82) is 0 Å².